The molecule has 96 valence electrons. The molecule has 1 rings (SSSR count). The number of halogens is 1. The molecule has 1 atom stereocenters. The van der Waals surface area contributed by atoms with Crippen LogP contribution in [0.3, 0.4) is 0 Å². The minimum absolute atomic E-state index is 0.104. The van der Waals surface area contributed by atoms with E-state index in [1.54, 1.807) is 24.3 Å². The van der Waals surface area contributed by atoms with Gasteiger partial charge in [0.15, 0.2) is 0 Å². The smallest absolute Gasteiger partial charge is 0.238 e. The maximum absolute atomic E-state index is 11.7. The van der Waals surface area contributed by atoms with Crippen molar-refractivity contribution in [2.24, 2.45) is 0 Å². The molecular weight excluding hydrogens is 248 g/mol. The van der Waals surface area contributed by atoms with Gasteiger partial charge in [-0.2, -0.15) is 0 Å². The van der Waals surface area contributed by atoms with Crippen LogP contribution in [0, 0.1) is 12.3 Å². The normalized spacial score (nSPS) is 11.6. The molecule has 0 aliphatic carbocycles. The molecule has 0 aromatic heterocycles. The monoisotopic (exact) mass is 264 g/mol. The van der Waals surface area contributed by atoms with Crippen molar-refractivity contribution in [2.45, 2.75) is 25.8 Å². The molecule has 0 saturated carbocycles. The summed E-state index contributed by atoms with van der Waals surface area (Å²) in [6.07, 6.45) is 6.77. The quantitative estimate of drug-likeness (QED) is 0.776. The highest BCUT2D eigenvalue weighted by Gasteiger charge is 2.07. The molecule has 1 aromatic rings. The Morgan fingerprint density at radius 3 is 2.94 bits per heavy atom. The Kier molecular flexibility index (Phi) is 6.27. The number of rotatable bonds is 6. The average Bonchev–Trinajstić information content (AvgIpc) is 2.34. The van der Waals surface area contributed by atoms with Crippen LogP contribution in [0.2, 0.25) is 5.02 Å². The molecule has 0 bridgehead atoms. The van der Waals surface area contributed by atoms with Gasteiger partial charge in [0, 0.05) is 23.2 Å². The summed E-state index contributed by atoms with van der Waals surface area (Å²) < 4.78 is 0. The number of amides is 1. The van der Waals surface area contributed by atoms with Crippen LogP contribution in [0.5, 0.6) is 0 Å². The summed E-state index contributed by atoms with van der Waals surface area (Å²) in [5.74, 6) is 2.48. The van der Waals surface area contributed by atoms with Crippen molar-refractivity contribution in [1.82, 2.24) is 5.32 Å². The van der Waals surface area contributed by atoms with Crippen molar-refractivity contribution in [2.75, 3.05) is 11.9 Å². The number of anilines is 1. The number of terminal acetylenes is 1. The Bertz CT molecular complexity index is 440. The predicted octanol–water partition coefficient (Wildman–Crippen LogP) is 2.67. The van der Waals surface area contributed by atoms with Gasteiger partial charge in [-0.25, -0.2) is 0 Å². The Balaban J connectivity index is 2.40. The summed E-state index contributed by atoms with van der Waals surface area (Å²) in [6.45, 7) is 2.27. The van der Waals surface area contributed by atoms with Gasteiger partial charge < -0.3 is 10.6 Å². The van der Waals surface area contributed by atoms with Crippen molar-refractivity contribution in [3.05, 3.63) is 29.3 Å². The number of nitrogens with one attached hydrogen (secondary N) is 2. The van der Waals surface area contributed by atoms with Crippen molar-refractivity contribution < 1.29 is 4.79 Å². The third-order valence-electron chi connectivity index (χ3n) is 2.52. The van der Waals surface area contributed by atoms with Gasteiger partial charge in [0.1, 0.15) is 0 Å². The zero-order valence-electron chi connectivity index (χ0n) is 10.4. The lowest BCUT2D eigenvalue weighted by atomic mass is 10.1. The Labute approximate surface area is 113 Å². The van der Waals surface area contributed by atoms with Gasteiger partial charge >= 0.3 is 0 Å². The largest absolute Gasteiger partial charge is 0.325 e. The third-order valence-corrected chi connectivity index (χ3v) is 2.75. The standard InChI is InChI=1S/C14H17ClN2O/c1-3-6-12(4-2)16-10-14(18)17-13-8-5-7-11(15)9-13/h1,5,7-9,12,16H,4,6,10H2,2H3,(H,17,18). The predicted molar refractivity (Wildman–Crippen MR) is 75.6 cm³/mol. The third kappa shape index (κ3) is 5.22. The van der Waals surface area contributed by atoms with E-state index in [4.69, 9.17) is 18.0 Å². The van der Waals surface area contributed by atoms with Crippen molar-refractivity contribution >= 4 is 23.2 Å². The summed E-state index contributed by atoms with van der Waals surface area (Å²) in [6, 6.07) is 7.23. The second kappa shape index (κ2) is 7.75. The van der Waals surface area contributed by atoms with Gasteiger partial charge in [-0.3, -0.25) is 4.79 Å². The maximum atomic E-state index is 11.7. The van der Waals surface area contributed by atoms with Crippen LogP contribution in [0.25, 0.3) is 0 Å². The van der Waals surface area contributed by atoms with Crippen LogP contribution in [-0.2, 0) is 4.79 Å². The summed E-state index contributed by atoms with van der Waals surface area (Å²) in [5.41, 5.74) is 0.694. The first-order valence-electron chi connectivity index (χ1n) is 5.88. The van der Waals surface area contributed by atoms with Gasteiger partial charge in [-0.1, -0.05) is 24.6 Å². The summed E-state index contributed by atoms with van der Waals surface area (Å²) >= 11 is 5.83. The minimum Gasteiger partial charge on any atom is -0.325 e. The molecule has 2 N–H and O–H groups in total. The molecule has 1 amide bonds. The molecule has 3 nitrogen and oxygen atoms in total. The van der Waals surface area contributed by atoms with E-state index in [9.17, 15) is 4.79 Å². The lowest BCUT2D eigenvalue weighted by Gasteiger charge is -2.13. The van der Waals surface area contributed by atoms with Crippen LogP contribution in [-0.4, -0.2) is 18.5 Å². The summed E-state index contributed by atoms with van der Waals surface area (Å²) in [7, 11) is 0. The van der Waals surface area contributed by atoms with E-state index in [-0.39, 0.29) is 18.5 Å². The van der Waals surface area contributed by atoms with Gasteiger partial charge in [-0.15, -0.1) is 12.3 Å². The molecule has 0 spiro atoms. The fraction of sp³-hybridized carbons (Fsp3) is 0.357. The van der Waals surface area contributed by atoms with Crippen LogP contribution in [0.1, 0.15) is 19.8 Å². The number of carbonyl (C=O) groups is 1. The lowest BCUT2D eigenvalue weighted by Crippen LogP contribution is -2.35. The summed E-state index contributed by atoms with van der Waals surface area (Å²) in [4.78, 5) is 11.7. The molecule has 1 unspecified atom stereocenters. The highest BCUT2D eigenvalue weighted by atomic mass is 35.5. The average molecular weight is 265 g/mol. The number of hydrogen-bond acceptors (Lipinski definition) is 2. The van der Waals surface area contributed by atoms with Gasteiger partial charge in [-0.05, 0) is 24.6 Å². The van der Waals surface area contributed by atoms with E-state index in [1.807, 2.05) is 6.92 Å². The first-order valence-corrected chi connectivity index (χ1v) is 6.25. The molecule has 0 heterocycles. The number of hydrogen-bond donors (Lipinski definition) is 2. The molecule has 4 heteroatoms. The molecule has 0 aliphatic heterocycles. The Morgan fingerprint density at radius 2 is 2.33 bits per heavy atom. The maximum Gasteiger partial charge on any atom is 0.238 e. The van der Waals surface area contributed by atoms with Crippen LogP contribution >= 0.6 is 11.6 Å². The number of benzene rings is 1. The van der Waals surface area contributed by atoms with E-state index in [0.29, 0.717) is 17.1 Å². The van der Waals surface area contributed by atoms with Crippen molar-refractivity contribution in [3.8, 4) is 12.3 Å². The second-order valence-electron chi connectivity index (χ2n) is 3.95. The van der Waals surface area contributed by atoms with E-state index >= 15 is 0 Å². The Morgan fingerprint density at radius 1 is 1.56 bits per heavy atom. The van der Waals surface area contributed by atoms with Crippen LogP contribution in [0.4, 0.5) is 5.69 Å². The van der Waals surface area contributed by atoms with E-state index < -0.39 is 0 Å². The summed E-state index contributed by atoms with van der Waals surface area (Å²) in [5, 5.41) is 6.48. The van der Waals surface area contributed by atoms with Crippen LogP contribution < -0.4 is 10.6 Å². The lowest BCUT2D eigenvalue weighted by molar-refractivity contribution is -0.115. The molecule has 0 fully saturated rings. The molecule has 1 aromatic carbocycles. The SMILES string of the molecule is C#CCC(CC)NCC(=O)Nc1cccc(Cl)c1. The second-order valence-corrected chi connectivity index (χ2v) is 4.39. The molecule has 0 radical (unpaired) electrons. The fourth-order valence-electron chi connectivity index (χ4n) is 1.51. The van der Waals surface area contributed by atoms with Crippen molar-refractivity contribution in [1.29, 1.82) is 0 Å². The van der Waals surface area contributed by atoms with E-state index in [1.165, 1.54) is 0 Å². The highest BCUT2D eigenvalue weighted by Crippen LogP contribution is 2.14. The van der Waals surface area contributed by atoms with Crippen LogP contribution in [0.15, 0.2) is 24.3 Å². The number of carbonyl (C=O) groups excluding carboxylic acids is 1. The van der Waals surface area contributed by atoms with E-state index in [0.717, 1.165) is 6.42 Å². The Hall–Kier alpha value is -1.50. The first-order chi connectivity index (χ1) is 8.65. The highest BCUT2D eigenvalue weighted by molar-refractivity contribution is 6.30. The molecule has 0 aliphatic rings. The topological polar surface area (TPSA) is 41.1 Å². The zero-order chi connectivity index (χ0) is 13.4. The molecule has 18 heavy (non-hydrogen) atoms. The first kappa shape index (κ1) is 14.6. The van der Waals surface area contributed by atoms with Crippen molar-refractivity contribution in [3.63, 3.8) is 0 Å². The molecular formula is C14H17ClN2O. The van der Waals surface area contributed by atoms with Gasteiger partial charge in [0.2, 0.25) is 5.91 Å². The molecule has 0 saturated heterocycles. The van der Waals surface area contributed by atoms with Gasteiger partial charge in [0.25, 0.3) is 0 Å². The zero-order valence-corrected chi connectivity index (χ0v) is 11.1. The minimum atomic E-state index is -0.104. The van der Waals surface area contributed by atoms with Gasteiger partial charge in [0.05, 0.1) is 6.54 Å². The fourth-order valence-corrected chi connectivity index (χ4v) is 1.70. The van der Waals surface area contributed by atoms with E-state index in [2.05, 4.69) is 16.6 Å².